The van der Waals surface area contributed by atoms with E-state index >= 15 is 0 Å². The zero-order chi connectivity index (χ0) is 16.7. The van der Waals surface area contributed by atoms with Crippen molar-refractivity contribution < 1.29 is 18.4 Å². The Morgan fingerprint density at radius 3 is 2.67 bits per heavy atom. The number of rotatable bonds is 2. The molecule has 0 saturated carbocycles. The van der Waals surface area contributed by atoms with Gasteiger partial charge in [0.1, 0.15) is 11.4 Å². The van der Waals surface area contributed by atoms with Gasteiger partial charge in [-0.25, -0.2) is 9.18 Å². The molecule has 4 aromatic rings. The third kappa shape index (κ3) is 2.32. The highest BCUT2D eigenvalue weighted by atomic mass is 19.1. The monoisotopic (exact) mass is 324 g/mol. The highest BCUT2D eigenvalue weighted by Gasteiger charge is 2.17. The highest BCUT2D eigenvalue weighted by Crippen LogP contribution is 2.27. The molecule has 0 atom stereocenters. The molecule has 1 N–H and O–H groups in total. The van der Waals surface area contributed by atoms with Gasteiger partial charge >= 0.3 is 5.63 Å². The molecule has 7 heteroatoms. The predicted molar refractivity (Wildman–Crippen MR) is 82.8 cm³/mol. The number of fused-ring (bicyclic) bond motifs is 1. The van der Waals surface area contributed by atoms with Crippen LogP contribution in [0.3, 0.4) is 0 Å². The van der Waals surface area contributed by atoms with Gasteiger partial charge in [0.15, 0.2) is 11.3 Å². The van der Waals surface area contributed by atoms with Crippen LogP contribution in [0.25, 0.3) is 33.8 Å². The first-order valence-corrected chi connectivity index (χ1v) is 6.98. The van der Waals surface area contributed by atoms with E-state index in [1.807, 2.05) is 0 Å². The molecule has 4 rings (SSSR count). The summed E-state index contributed by atoms with van der Waals surface area (Å²) >= 11 is 0. The van der Waals surface area contributed by atoms with Crippen LogP contribution in [0.5, 0.6) is 5.75 Å². The van der Waals surface area contributed by atoms with Crippen LogP contribution in [-0.4, -0.2) is 15.2 Å². The number of aromatic hydroxyl groups is 1. The van der Waals surface area contributed by atoms with E-state index < -0.39 is 5.63 Å². The number of halogens is 1. The summed E-state index contributed by atoms with van der Waals surface area (Å²) in [4.78, 5) is 16.3. The number of nitrogens with zero attached hydrogens (tertiary/aromatic N) is 2. The van der Waals surface area contributed by atoms with Crippen LogP contribution in [0.4, 0.5) is 4.39 Å². The second kappa shape index (κ2) is 5.31. The van der Waals surface area contributed by atoms with Gasteiger partial charge in [0.05, 0.1) is 0 Å². The van der Waals surface area contributed by atoms with Crippen molar-refractivity contribution in [3.8, 4) is 28.6 Å². The largest absolute Gasteiger partial charge is 0.504 e. The highest BCUT2D eigenvalue weighted by molar-refractivity contribution is 5.84. The molecule has 118 valence electrons. The summed E-state index contributed by atoms with van der Waals surface area (Å²) in [6.45, 7) is 0. The van der Waals surface area contributed by atoms with Gasteiger partial charge in [0.25, 0.3) is 5.89 Å². The molecule has 0 saturated heterocycles. The Balaban J connectivity index is 1.82. The molecule has 0 bridgehead atoms. The van der Waals surface area contributed by atoms with E-state index in [9.17, 15) is 14.3 Å². The van der Waals surface area contributed by atoms with Gasteiger partial charge in [-0.2, -0.15) is 4.98 Å². The van der Waals surface area contributed by atoms with Crippen molar-refractivity contribution >= 4 is 11.0 Å². The lowest BCUT2D eigenvalue weighted by molar-refractivity contribution is 0.427. The molecule has 0 aliphatic rings. The molecule has 0 amide bonds. The maximum Gasteiger partial charge on any atom is 0.349 e. The second-order valence-electron chi connectivity index (χ2n) is 5.07. The van der Waals surface area contributed by atoms with Crippen LogP contribution in [-0.2, 0) is 0 Å². The maximum atomic E-state index is 13.0. The molecule has 24 heavy (non-hydrogen) atoms. The van der Waals surface area contributed by atoms with Gasteiger partial charge in [0, 0.05) is 10.9 Å². The van der Waals surface area contributed by atoms with Crippen molar-refractivity contribution in [2.24, 2.45) is 0 Å². The second-order valence-corrected chi connectivity index (χ2v) is 5.07. The lowest BCUT2D eigenvalue weighted by Gasteiger charge is -2.00. The molecule has 6 nitrogen and oxygen atoms in total. The summed E-state index contributed by atoms with van der Waals surface area (Å²) in [5.41, 5.74) is 0.00557. The first-order valence-electron chi connectivity index (χ1n) is 6.98. The predicted octanol–water partition coefficient (Wildman–Crippen LogP) is 3.35. The zero-order valence-corrected chi connectivity index (χ0v) is 12.1. The van der Waals surface area contributed by atoms with Crippen molar-refractivity contribution in [1.29, 1.82) is 0 Å². The quantitative estimate of drug-likeness (QED) is 0.569. The van der Waals surface area contributed by atoms with Crippen molar-refractivity contribution in [2.45, 2.75) is 0 Å². The van der Waals surface area contributed by atoms with Crippen molar-refractivity contribution in [2.75, 3.05) is 0 Å². The minimum atomic E-state index is -0.710. The van der Waals surface area contributed by atoms with E-state index in [0.717, 1.165) is 0 Å². The van der Waals surface area contributed by atoms with Crippen LogP contribution < -0.4 is 5.63 Å². The van der Waals surface area contributed by atoms with Crippen LogP contribution >= 0.6 is 0 Å². The number of phenolic OH excluding ortho intramolecular Hbond substituents is 1. The summed E-state index contributed by atoms with van der Waals surface area (Å²) in [6, 6.07) is 11.8. The number of phenols is 1. The van der Waals surface area contributed by atoms with Gasteiger partial charge in [0.2, 0.25) is 5.82 Å². The normalized spacial score (nSPS) is 11.0. The molecule has 2 aromatic carbocycles. The summed E-state index contributed by atoms with van der Waals surface area (Å²) < 4.78 is 23.2. The minimum absolute atomic E-state index is 0.0201. The van der Waals surface area contributed by atoms with E-state index in [4.69, 9.17) is 8.94 Å². The number of benzene rings is 2. The molecule has 0 aliphatic carbocycles. The van der Waals surface area contributed by atoms with Gasteiger partial charge in [-0.1, -0.05) is 17.3 Å². The summed E-state index contributed by atoms with van der Waals surface area (Å²) in [5.74, 6) is -0.306. The molecule has 0 aliphatic heterocycles. The van der Waals surface area contributed by atoms with E-state index in [1.54, 1.807) is 12.1 Å². The van der Waals surface area contributed by atoms with E-state index in [2.05, 4.69) is 10.1 Å². The Morgan fingerprint density at radius 2 is 1.88 bits per heavy atom. The first-order chi connectivity index (χ1) is 11.6. The van der Waals surface area contributed by atoms with Gasteiger partial charge in [-0.15, -0.1) is 0 Å². The number of para-hydroxylation sites is 1. The number of hydrogen-bond donors (Lipinski definition) is 1. The Labute approximate surface area is 133 Å². The van der Waals surface area contributed by atoms with E-state index in [0.29, 0.717) is 10.9 Å². The number of aromatic nitrogens is 2. The third-order valence-electron chi connectivity index (χ3n) is 3.50. The van der Waals surface area contributed by atoms with E-state index in [-0.39, 0.29) is 34.4 Å². The fourth-order valence-electron chi connectivity index (χ4n) is 2.33. The Bertz CT molecular complexity index is 1100. The fraction of sp³-hybridized carbons (Fsp3) is 0. The van der Waals surface area contributed by atoms with Crippen molar-refractivity contribution in [1.82, 2.24) is 10.1 Å². The van der Waals surface area contributed by atoms with Crippen LogP contribution in [0.2, 0.25) is 0 Å². The lowest BCUT2D eigenvalue weighted by Crippen LogP contribution is -2.02. The first kappa shape index (κ1) is 14.1. The summed E-state index contributed by atoms with van der Waals surface area (Å²) in [7, 11) is 0. The molecule has 0 spiro atoms. The summed E-state index contributed by atoms with van der Waals surface area (Å²) in [5, 5.41) is 14.0. The maximum absolute atomic E-state index is 13.0. The van der Waals surface area contributed by atoms with E-state index in [1.165, 1.54) is 36.4 Å². The zero-order valence-electron chi connectivity index (χ0n) is 12.1. The van der Waals surface area contributed by atoms with Crippen LogP contribution in [0.15, 0.2) is 62.3 Å². The third-order valence-corrected chi connectivity index (χ3v) is 3.50. The molecule has 2 aromatic heterocycles. The smallest absolute Gasteiger partial charge is 0.349 e. The molecule has 2 heterocycles. The Morgan fingerprint density at radius 1 is 1.08 bits per heavy atom. The minimum Gasteiger partial charge on any atom is -0.504 e. The number of hydrogen-bond acceptors (Lipinski definition) is 6. The lowest BCUT2D eigenvalue weighted by atomic mass is 10.1. The van der Waals surface area contributed by atoms with Gasteiger partial charge in [-0.05, 0) is 36.4 Å². The van der Waals surface area contributed by atoms with Crippen molar-refractivity contribution in [3.63, 3.8) is 0 Å². The SMILES string of the molecule is O=c1oc2c(O)cccc2cc1-c1nc(-c2ccc(F)cc2)no1. The topological polar surface area (TPSA) is 89.4 Å². The van der Waals surface area contributed by atoms with Gasteiger partial charge in [-0.3, -0.25) is 0 Å². The standard InChI is InChI=1S/C17H9FN2O4/c18-11-6-4-9(5-7-11)15-19-16(24-20-15)12-8-10-2-1-3-13(21)14(10)23-17(12)22/h1-8,21H. The van der Waals surface area contributed by atoms with Gasteiger partial charge < -0.3 is 14.0 Å². The fourth-order valence-corrected chi connectivity index (χ4v) is 2.33. The van der Waals surface area contributed by atoms with Crippen molar-refractivity contribution in [3.05, 3.63) is 64.8 Å². The Kier molecular flexibility index (Phi) is 3.13. The molecule has 0 fully saturated rings. The van der Waals surface area contributed by atoms with Crippen LogP contribution in [0.1, 0.15) is 0 Å². The molecule has 0 radical (unpaired) electrons. The molecular formula is C17H9FN2O4. The Hall–Kier alpha value is -3.48. The average molecular weight is 324 g/mol. The van der Waals surface area contributed by atoms with Crippen LogP contribution in [0, 0.1) is 5.82 Å². The molecular weight excluding hydrogens is 315 g/mol. The molecule has 0 unspecified atom stereocenters. The summed E-state index contributed by atoms with van der Waals surface area (Å²) in [6.07, 6.45) is 0. The average Bonchev–Trinajstić information content (AvgIpc) is 3.06.